The van der Waals surface area contributed by atoms with Gasteiger partial charge in [-0.2, -0.15) is 0 Å². The summed E-state index contributed by atoms with van der Waals surface area (Å²) in [5, 5.41) is 29.1. The molecule has 2 saturated carbocycles. The molecule has 3 aliphatic rings. The Morgan fingerprint density at radius 2 is 1.86 bits per heavy atom. The molecule has 0 saturated heterocycles. The summed E-state index contributed by atoms with van der Waals surface area (Å²) in [6, 6.07) is 4.10. The number of carbonyl (C=O) groups excluding carboxylic acids is 1. The number of Topliss-reactive ketones (excluding diaryl/α,β-unsaturated/α-hetero) is 1. The summed E-state index contributed by atoms with van der Waals surface area (Å²) in [5.74, 6) is 2.34. The van der Waals surface area contributed by atoms with Gasteiger partial charge in [0.25, 0.3) is 0 Å². The van der Waals surface area contributed by atoms with Crippen molar-refractivity contribution in [3.63, 3.8) is 0 Å². The van der Waals surface area contributed by atoms with Crippen LogP contribution in [0.2, 0.25) is 0 Å². The summed E-state index contributed by atoms with van der Waals surface area (Å²) >= 11 is 0. The van der Waals surface area contributed by atoms with E-state index in [-0.39, 0.29) is 18.6 Å². The SMILES string of the molecule is C[C@]12CC[C@@H]3c4cc(CN(CCO)CCO)c(O)cc4CC[C@H]3[C@@H]1CCC2=O. The number of hydrogen-bond acceptors (Lipinski definition) is 5. The normalized spacial score (nSPS) is 31.6. The van der Waals surface area contributed by atoms with Crippen LogP contribution in [0.25, 0.3) is 0 Å². The number of aryl methyl sites for hydroxylation is 1. The maximum absolute atomic E-state index is 12.5. The number of fused-ring (bicyclic) bond motifs is 5. The van der Waals surface area contributed by atoms with E-state index in [1.807, 2.05) is 11.0 Å². The van der Waals surface area contributed by atoms with Crippen molar-refractivity contribution in [3.05, 3.63) is 28.8 Å². The summed E-state index contributed by atoms with van der Waals surface area (Å²) in [6.07, 6.45) is 5.91. The van der Waals surface area contributed by atoms with Crippen LogP contribution in [0.4, 0.5) is 0 Å². The average Bonchev–Trinajstić information content (AvgIpc) is 2.98. The first-order chi connectivity index (χ1) is 13.5. The van der Waals surface area contributed by atoms with Crippen LogP contribution in [0.1, 0.15) is 61.6 Å². The molecule has 5 heteroatoms. The Bertz CT molecular complexity index is 742. The summed E-state index contributed by atoms with van der Waals surface area (Å²) < 4.78 is 0. The Labute approximate surface area is 167 Å². The second-order valence-corrected chi connectivity index (χ2v) is 9.24. The molecule has 4 atom stereocenters. The third-order valence-corrected chi connectivity index (χ3v) is 7.86. The first-order valence-corrected chi connectivity index (χ1v) is 10.8. The molecule has 3 N–H and O–H groups in total. The molecular formula is C23H33NO4. The molecule has 1 aromatic carbocycles. The number of phenolic OH excluding ortho intramolecular Hbond substituents is 1. The third kappa shape index (κ3) is 3.27. The molecule has 28 heavy (non-hydrogen) atoms. The van der Waals surface area contributed by atoms with Gasteiger partial charge in [-0.3, -0.25) is 9.69 Å². The van der Waals surface area contributed by atoms with Gasteiger partial charge >= 0.3 is 0 Å². The largest absolute Gasteiger partial charge is 0.508 e. The molecule has 0 bridgehead atoms. The van der Waals surface area contributed by atoms with Crippen LogP contribution in [0.5, 0.6) is 5.75 Å². The minimum absolute atomic E-state index is 0.0324. The van der Waals surface area contributed by atoms with Crippen LogP contribution in [0.15, 0.2) is 12.1 Å². The van der Waals surface area contributed by atoms with Crippen molar-refractivity contribution in [2.24, 2.45) is 17.3 Å². The van der Waals surface area contributed by atoms with E-state index in [2.05, 4.69) is 13.0 Å². The molecule has 1 aromatic rings. The highest BCUT2D eigenvalue weighted by Gasteiger charge is 2.54. The second kappa shape index (κ2) is 7.77. The van der Waals surface area contributed by atoms with Gasteiger partial charge in [-0.05, 0) is 67.1 Å². The monoisotopic (exact) mass is 387 g/mol. The fourth-order valence-electron chi connectivity index (χ4n) is 6.35. The lowest BCUT2D eigenvalue weighted by Crippen LogP contribution is -2.42. The van der Waals surface area contributed by atoms with Gasteiger partial charge in [-0.1, -0.05) is 13.0 Å². The first-order valence-electron chi connectivity index (χ1n) is 10.8. The number of aliphatic hydroxyl groups excluding tert-OH is 2. The number of phenols is 1. The van der Waals surface area contributed by atoms with E-state index in [9.17, 15) is 20.1 Å². The second-order valence-electron chi connectivity index (χ2n) is 9.24. The average molecular weight is 388 g/mol. The van der Waals surface area contributed by atoms with Crippen molar-refractivity contribution in [2.45, 2.75) is 57.9 Å². The van der Waals surface area contributed by atoms with Crippen molar-refractivity contribution in [2.75, 3.05) is 26.3 Å². The highest BCUT2D eigenvalue weighted by Crippen LogP contribution is 2.59. The summed E-state index contributed by atoms with van der Waals surface area (Å²) in [4.78, 5) is 14.5. The number of nitrogens with zero attached hydrogens (tertiary/aromatic N) is 1. The quantitative estimate of drug-likeness (QED) is 0.699. The molecule has 0 aromatic heterocycles. The smallest absolute Gasteiger partial charge is 0.139 e. The molecule has 2 fully saturated rings. The van der Waals surface area contributed by atoms with Crippen LogP contribution in [0, 0.1) is 17.3 Å². The minimum atomic E-state index is -0.114. The summed E-state index contributed by atoms with van der Waals surface area (Å²) in [5.41, 5.74) is 3.37. The fraction of sp³-hybridized carbons (Fsp3) is 0.696. The number of carbonyl (C=O) groups is 1. The van der Waals surface area contributed by atoms with Crippen LogP contribution in [0.3, 0.4) is 0 Å². The zero-order valence-corrected chi connectivity index (χ0v) is 16.9. The molecule has 0 unspecified atom stereocenters. The van der Waals surface area contributed by atoms with Crippen LogP contribution < -0.4 is 0 Å². The molecule has 154 valence electrons. The van der Waals surface area contributed by atoms with E-state index in [0.29, 0.717) is 48.9 Å². The van der Waals surface area contributed by atoms with E-state index in [1.54, 1.807) is 0 Å². The van der Waals surface area contributed by atoms with E-state index >= 15 is 0 Å². The lowest BCUT2D eigenvalue weighted by molar-refractivity contribution is -0.129. The topological polar surface area (TPSA) is 81.0 Å². The number of aromatic hydroxyl groups is 1. The molecule has 0 spiro atoms. The van der Waals surface area contributed by atoms with E-state index in [1.165, 1.54) is 11.1 Å². The van der Waals surface area contributed by atoms with Gasteiger partial charge < -0.3 is 15.3 Å². The predicted octanol–water partition coefficient (Wildman–Crippen LogP) is 2.60. The van der Waals surface area contributed by atoms with Crippen molar-refractivity contribution in [1.82, 2.24) is 4.90 Å². The van der Waals surface area contributed by atoms with Crippen molar-refractivity contribution in [1.29, 1.82) is 0 Å². The molecule has 0 heterocycles. The number of benzene rings is 1. The Hall–Kier alpha value is -1.43. The summed E-state index contributed by atoms with van der Waals surface area (Å²) in [6.45, 7) is 3.74. The van der Waals surface area contributed by atoms with E-state index < -0.39 is 0 Å². The van der Waals surface area contributed by atoms with Crippen molar-refractivity contribution in [3.8, 4) is 5.75 Å². The Morgan fingerprint density at radius 3 is 2.57 bits per heavy atom. The standard InChI is InChI=1S/C23H33NO4/c1-23-7-6-17-18(20(23)4-5-22(23)28)3-2-15-13-21(27)16(12-19(15)17)14-24(8-10-25)9-11-26/h12-13,17-18,20,25-27H,2-11,14H2,1H3/t17-,18+,20-,23-/m0/s1. The van der Waals surface area contributed by atoms with Crippen molar-refractivity contribution >= 4 is 5.78 Å². The molecule has 4 rings (SSSR count). The lowest BCUT2D eigenvalue weighted by atomic mass is 9.55. The van der Waals surface area contributed by atoms with Gasteiger partial charge in [0.1, 0.15) is 11.5 Å². The van der Waals surface area contributed by atoms with Gasteiger partial charge in [0.15, 0.2) is 0 Å². The van der Waals surface area contributed by atoms with Crippen LogP contribution in [-0.4, -0.2) is 52.3 Å². The number of ketones is 1. The van der Waals surface area contributed by atoms with E-state index in [0.717, 1.165) is 44.1 Å². The first kappa shape index (κ1) is 19.9. The number of aliphatic hydroxyl groups is 2. The maximum Gasteiger partial charge on any atom is 0.139 e. The Balaban J connectivity index is 1.62. The lowest BCUT2D eigenvalue weighted by Gasteiger charge is -2.48. The molecular weight excluding hydrogens is 354 g/mol. The minimum Gasteiger partial charge on any atom is -0.508 e. The fourth-order valence-corrected chi connectivity index (χ4v) is 6.35. The van der Waals surface area contributed by atoms with Gasteiger partial charge in [-0.25, -0.2) is 0 Å². The molecule has 0 radical (unpaired) electrons. The summed E-state index contributed by atoms with van der Waals surface area (Å²) in [7, 11) is 0. The predicted molar refractivity (Wildman–Crippen MR) is 107 cm³/mol. The Kier molecular flexibility index (Phi) is 5.51. The highest BCUT2D eigenvalue weighted by molar-refractivity contribution is 5.87. The highest BCUT2D eigenvalue weighted by atomic mass is 16.3. The van der Waals surface area contributed by atoms with Gasteiger partial charge in [0.2, 0.25) is 0 Å². The van der Waals surface area contributed by atoms with Crippen molar-refractivity contribution < 1.29 is 20.1 Å². The van der Waals surface area contributed by atoms with Gasteiger partial charge in [0.05, 0.1) is 13.2 Å². The molecule has 0 aliphatic heterocycles. The maximum atomic E-state index is 12.5. The van der Waals surface area contributed by atoms with E-state index in [4.69, 9.17) is 0 Å². The van der Waals surface area contributed by atoms with Crippen LogP contribution >= 0.6 is 0 Å². The Morgan fingerprint density at radius 1 is 1.11 bits per heavy atom. The van der Waals surface area contributed by atoms with Gasteiger partial charge in [0, 0.05) is 37.0 Å². The van der Waals surface area contributed by atoms with Gasteiger partial charge in [-0.15, -0.1) is 0 Å². The third-order valence-electron chi connectivity index (χ3n) is 7.86. The zero-order chi connectivity index (χ0) is 19.9. The molecule has 3 aliphatic carbocycles. The number of rotatable bonds is 6. The number of hydrogen-bond donors (Lipinski definition) is 3. The molecule has 5 nitrogen and oxygen atoms in total. The zero-order valence-electron chi connectivity index (χ0n) is 16.9. The van der Waals surface area contributed by atoms with Crippen LogP contribution in [-0.2, 0) is 17.8 Å². The molecule has 0 amide bonds.